The van der Waals surface area contributed by atoms with Crippen molar-refractivity contribution in [3.8, 4) is 16.9 Å². The van der Waals surface area contributed by atoms with Gasteiger partial charge in [0.05, 0.1) is 18.1 Å². The monoisotopic (exact) mass is 504 g/mol. The Morgan fingerprint density at radius 3 is 2.39 bits per heavy atom. The zero-order chi connectivity index (χ0) is 25.9. The van der Waals surface area contributed by atoms with E-state index in [2.05, 4.69) is 4.74 Å². The normalized spacial score (nSPS) is 15.8. The highest BCUT2D eigenvalue weighted by atomic mass is 19.4. The number of carbonyl (C=O) groups excluding carboxylic acids is 1. The van der Waals surface area contributed by atoms with E-state index in [1.54, 1.807) is 30.3 Å². The highest BCUT2D eigenvalue weighted by Crippen LogP contribution is 2.44. The quantitative estimate of drug-likeness (QED) is 0.246. The Bertz CT molecular complexity index is 1220. The van der Waals surface area contributed by atoms with Gasteiger partial charge in [-0.1, -0.05) is 42.5 Å². The summed E-state index contributed by atoms with van der Waals surface area (Å²) in [5.41, 5.74) is 1.48. The Kier molecular flexibility index (Phi) is 7.33. The first-order chi connectivity index (χ1) is 17.1. The fraction of sp³-hybridized carbons (Fsp3) is 0.321. The number of esters is 1. The zero-order valence-corrected chi connectivity index (χ0v) is 19.6. The van der Waals surface area contributed by atoms with Crippen LogP contribution in [0.5, 0.6) is 5.75 Å². The van der Waals surface area contributed by atoms with E-state index in [4.69, 9.17) is 4.74 Å². The van der Waals surface area contributed by atoms with Crippen molar-refractivity contribution in [2.45, 2.75) is 50.8 Å². The van der Waals surface area contributed by atoms with Crippen LogP contribution in [0.15, 0.2) is 66.7 Å². The smallest absolute Gasteiger partial charge is 0.416 e. The molecule has 1 aliphatic carbocycles. The molecule has 0 saturated heterocycles. The first kappa shape index (κ1) is 25.7. The first-order valence-electron chi connectivity index (χ1n) is 11.7. The van der Waals surface area contributed by atoms with Crippen molar-refractivity contribution in [3.05, 3.63) is 89.0 Å². The third kappa shape index (κ3) is 5.37. The predicted molar refractivity (Wildman–Crippen MR) is 125 cm³/mol. The van der Waals surface area contributed by atoms with Crippen LogP contribution in [-0.4, -0.2) is 18.5 Å². The summed E-state index contributed by atoms with van der Waals surface area (Å²) in [5.74, 6) is -6.28. The van der Waals surface area contributed by atoms with E-state index in [9.17, 15) is 26.7 Å². The molecule has 36 heavy (non-hydrogen) atoms. The van der Waals surface area contributed by atoms with Crippen LogP contribution >= 0.6 is 0 Å². The minimum absolute atomic E-state index is 0.0340. The molecule has 190 valence electrons. The Balaban J connectivity index is 1.59. The number of carbonyl (C=O) groups is 1. The number of benzene rings is 3. The molecule has 0 bridgehead atoms. The molecule has 3 aromatic carbocycles. The molecule has 3 nitrogen and oxygen atoms in total. The molecular weight excluding hydrogens is 479 g/mol. The lowest BCUT2D eigenvalue weighted by atomic mass is 9.79. The second-order valence-corrected chi connectivity index (χ2v) is 8.67. The lowest BCUT2D eigenvalue weighted by Crippen LogP contribution is -2.39. The molecule has 0 aliphatic heterocycles. The highest BCUT2D eigenvalue weighted by molar-refractivity contribution is 5.79. The number of fused-ring (bicyclic) bond motifs is 1. The second-order valence-electron chi connectivity index (χ2n) is 8.67. The minimum atomic E-state index is -4.56. The maximum atomic E-state index is 14.8. The van der Waals surface area contributed by atoms with Crippen molar-refractivity contribution >= 4 is 5.97 Å². The highest BCUT2D eigenvalue weighted by Gasteiger charge is 2.50. The van der Waals surface area contributed by atoms with Crippen molar-refractivity contribution in [2.75, 3.05) is 6.61 Å². The van der Waals surface area contributed by atoms with Gasteiger partial charge in [-0.05, 0) is 72.7 Å². The van der Waals surface area contributed by atoms with Gasteiger partial charge in [-0.2, -0.15) is 22.0 Å². The molecule has 3 aromatic rings. The van der Waals surface area contributed by atoms with Gasteiger partial charge in [-0.15, -0.1) is 0 Å². The maximum absolute atomic E-state index is 14.8. The number of hydrogen-bond donors (Lipinski definition) is 0. The summed E-state index contributed by atoms with van der Waals surface area (Å²) < 4.78 is 80.7. The van der Waals surface area contributed by atoms with Crippen molar-refractivity contribution in [2.24, 2.45) is 0 Å². The zero-order valence-electron chi connectivity index (χ0n) is 19.6. The van der Waals surface area contributed by atoms with Gasteiger partial charge in [0.15, 0.2) is 0 Å². The lowest BCUT2D eigenvalue weighted by molar-refractivity contribution is -0.175. The molecule has 0 N–H and O–H groups in total. The van der Waals surface area contributed by atoms with E-state index in [0.717, 1.165) is 11.6 Å². The molecule has 0 heterocycles. The summed E-state index contributed by atoms with van der Waals surface area (Å²) in [7, 11) is 0. The van der Waals surface area contributed by atoms with Gasteiger partial charge in [0.25, 0.3) is 0 Å². The largest absolute Gasteiger partial charge is 0.489 e. The van der Waals surface area contributed by atoms with Crippen LogP contribution in [0, 0.1) is 0 Å². The van der Waals surface area contributed by atoms with Gasteiger partial charge in [0.2, 0.25) is 0 Å². The predicted octanol–water partition coefficient (Wildman–Crippen LogP) is 7.57. The third-order valence-electron chi connectivity index (χ3n) is 6.33. The van der Waals surface area contributed by atoms with Crippen LogP contribution in [-0.2, 0) is 28.7 Å². The first-order valence-corrected chi connectivity index (χ1v) is 11.7. The standard InChI is InChI=1S/C28H25F5O3/c1-2-35-26(34)27(29,30)25-10-6-9-20-16-22(12-13-23(20)25)36-17-21-15-19(18-7-4-3-5-8-18)11-14-24(21)28(31,32)33/h3-5,7-8,11-16,25H,2,6,9-10,17H2,1H3. The van der Waals surface area contributed by atoms with Gasteiger partial charge >= 0.3 is 18.1 Å². The van der Waals surface area contributed by atoms with E-state index < -0.39 is 29.5 Å². The minimum Gasteiger partial charge on any atom is -0.489 e. The van der Waals surface area contributed by atoms with Crippen molar-refractivity contribution < 1.29 is 36.2 Å². The molecule has 0 amide bonds. The maximum Gasteiger partial charge on any atom is 0.416 e. The van der Waals surface area contributed by atoms with E-state index >= 15 is 0 Å². The number of aryl methyl sites for hydroxylation is 1. The fourth-order valence-electron chi connectivity index (χ4n) is 4.59. The second kappa shape index (κ2) is 10.3. The number of alkyl halides is 5. The summed E-state index contributed by atoms with van der Waals surface area (Å²) in [6, 6.07) is 17.4. The van der Waals surface area contributed by atoms with Crippen LogP contribution < -0.4 is 4.74 Å². The molecule has 0 saturated carbocycles. The molecular formula is C28H25F5O3. The van der Waals surface area contributed by atoms with Crippen molar-refractivity contribution in [1.29, 1.82) is 0 Å². The average Bonchev–Trinajstić information content (AvgIpc) is 2.86. The topological polar surface area (TPSA) is 35.5 Å². The van der Waals surface area contributed by atoms with E-state index in [1.807, 2.05) is 6.07 Å². The number of hydrogen-bond acceptors (Lipinski definition) is 3. The fourth-order valence-corrected chi connectivity index (χ4v) is 4.59. The molecule has 1 aliphatic rings. The lowest BCUT2D eigenvalue weighted by Gasteiger charge is -2.31. The van der Waals surface area contributed by atoms with Crippen LogP contribution in [0.3, 0.4) is 0 Å². The SMILES string of the molecule is CCOC(=O)C(F)(F)C1CCCc2cc(OCc3cc(-c4ccccc4)ccc3C(F)(F)F)ccc21. The third-order valence-corrected chi connectivity index (χ3v) is 6.33. The van der Waals surface area contributed by atoms with Crippen molar-refractivity contribution in [1.82, 2.24) is 0 Å². The summed E-state index contributed by atoms with van der Waals surface area (Å²) in [6.45, 7) is 0.967. The Hall–Kier alpha value is -3.42. The summed E-state index contributed by atoms with van der Waals surface area (Å²) >= 11 is 0. The van der Waals surface area contributed by atoms with Crippen LogP contribution in [0.25, 0.3) is 11.1 Å². The molecule has 0 aromatic heterocycles. The average molecular weight is 504 g/mol. The molecule has 4 rings (SSSR count). The Morgan fingerprint density at radius 2 is 1.69 bits per heavy atom. The Labute approximate surface area is 205 Å². The van der Waals surface area contributed by atoms with E-state index in [1.165, 1.54) is 31.2 Å². The summed E-state index contributed by atoms with van der Waals surface area (Å²) in [5, 5.41) is 0. The summed E-state index contributed by atoms with van der Waals surface area (Å²) in [6.07, 6.45) is -3.50. The van der Waals surface area contributed by atoms with Gasteiger partial charge < -0.3 is 9.47 Å². The van der Waals surface area contributed by atoms with Gasteiger partial charge in [0, 0.05) is 5.56 Å². The van der Waals surface area contributed by atoms with Crippen LogP contribution in [0.1, 0.15) is 47.9 Å². The van der Waals surface area contributed by atoms with Gasteiger partial charge in [-0.3, -0.25) is 0 Å². The molecule has 1 unspecified atom stereocenters. The van der Waals surface area contributed by atoms with Gasteiger partial charge in [-0.25, -0.2) is 4.79 Å². The van der Waals surface area contributed by atoms with Crippen molar-refractivity contribution in [3.63, 3.8) is 0 Å². The molecule has 8 heteroatoms. The number of rotatable bonds is 7. The van der Waals surface area contributed by atoms with E-state index in [0.29, 0.717) is 29.5 Å². The van der Waals surface area contributed by atoms with Gasteiger partial charge in [0.1, 0.15) is 12.4 Å². The van der Waals surface area contributed by atoms with Crippen LogP contribution in [0.4, 0.5) is 22.0 Å². The Morgan fingerprint density at radius 1 is 0.944 bits per heavy atom. The molecule has 0 radical (unpaired) electrons. The number of ether oxygens (including phenoxy) is 2. The number of halogens is 5. The molecule has 1 atom stereocenters. The van der Waals surface area contributed by atoms with E-state index in [-0.39, 0.29) is 30.9 Å². The van der Waals surface area contributed by atoms with Crippen LogP contribution in [0.2, 0.25) is 0 Å². The molecule has 0 spiro atoms. The summed E-state index contributed by atoms with van der Waals surface area (Å²) in [4.78, 5) is 11.9. The molecule has 0 fully saturated rings.